The van der Waals surface area contributed by atoms with Gasteiger partial charge in [-0.1, -0.05) is 40.0 Å². The SMILES string of the molecule is CCC1CCCCC1Nc1ncnc(NN)c1C(C)C. The van der Waals surface area contributed by atoms with Crippen LogP contribution in [0.2, 0.25) is 0 Å². The predicted octanol–water partition coefficient (Wildman–Crippen LogP) is 3.27. The van der Waals surface area contributed by atoms with Gasteiger partial charge in [0.25, 0.3) is 0 Å². The molecule has 0 aromatic carbocycles. The molecule has 5 nitrogen and oxygen atoms in total. The first-order valence-electron chi connectivity index (χ1n) is 7.75. The van der Waals surface area contributed by atoms with E-state index in [1.807, 2.05) is 0 Å². The largest absolute Gasteiger partial charge is 0.367 e. The normalized spacial score (nSPS) is 22.9. The Bertz CT molecular complexity index is 432. The maximum atomic E-state index is 5.58. The molecular formula is C15H27N5. The molecule has 20 heavy (non-hydrogen) atoms. The van der Waals surface area contributed by atoms with Gasteiger partial charge in [0.05, 0.1) is 0 Å². The van der Waals surface area contributed by atoms with E-state index < -0.39 is 0 Å². The van der Waals surface area contributed by atoms with Crippen molar-refractivity contribution < 1.29 is 0 Å². The van der Waals surface area contributed by atoms with Crippen LogP contribution in [0.25, 0.3) is 0 Å². The van der Waals surface area contributed by atoms with E-state index in [0.717, 1.165) is 23.1 Å². The van der Waals surface area contributed by atoms with Crippen molar-refractivity contribution in [3.05, 3.63) is 11.9 Å². The molecule has 0 saturated heterocycles. The van der Waals surface area contributed by atoms with Gasteiger partial charge in [0.2, 0.25) is 0 Å². The Hall–Kier alpha value is -1.36. The van der Waals surface area contributed by atoms with Crippen molar-refractivity contribution in [2.24, 2.45) is 11.8 Å². The fourth-order valence-electron chi connectivity index (χ4n) is 3.23. The van der Waals surface area contributed by atoms with Crippen molar-refractivity contribution in [3.63, 3.8) is 0 Å². The summed E-state index contributed by atoms with van der Waals surface area (Å²) < 4.78 is 0. The third kappa shape index (κ3) is 3.20. The van der Waals surface area contributed by atoms with Gasteiger partial charge in [-0.15, -0.1) is 0 Å². The summed E-state index contributed by atoms with van der Waals surface area (Å²) in [5.74, 6) is 8.31. The summed E-state index contributed by atoms with van der Waals surface area (Å²) in [6.45, 7) is 6.56. The highest BCUT2D eigenvalue weighted by atomic mass is 15.3. The van der Waals surface area contributed by atoms with Gasteiger partial charge >= 0.3 is 0 Å². The number of aromatic nitrogens is 2. The van der Waals surface area contributed by atoms with E-state index in [-0.39, 0.29) is 0 Å². The summed E-state index contributed by atoms with van der Waals surface area (Å²) in [6, 6.07) is 0.520. The van der Waals surface area contributed by atoms with Crippen molar-refractivity contribution in [2.45, 2.75) is 64.8 Å². The van der Waals surface area contributed by atoms with Gasteiger partial charge in [-0.3, -0.25) is 0 Å². The molecule has 1 fully saturated rings. The zero-order valence-corrected chi connectivity index (χ0v) is 12.8. The summed E-state index contributed by atoms with van der Waals surface area (Å²) >= 11 is 0. The highest BCUT2D eigenvalue weighted by Crippen LogP contribution is 2.33. The lowest BCUT2D eigenvalue weighted by atomic mass is 9.83. The number of nitrogens with one attached hydrogen (secondary N) is 2. The monoisotopic (exact) mass is 277 g/mol. The Morgan fingerprint density at radius 3 is 2.60 bits per heavy atom. The number of rotatable bonds is 5. The molecule has 1 aromatic rings. The summed E-state index contributed by atoms with van der Waals surface area (Å²) in [7, 11) is 0. The van der Waals surface area contributed by atoms with Gasteiger partial charge in [-0.25, -0.2) is 15.8 Å². The average molecular weight is 277 g/mol. The topological polar surface area (TPSA) is 75.9 Å². The van der Waals surface area contributed by atoms with E-state index >= 15 is 0 Å². The number of hydrogen-bond donors (Lipinski definition) is 3. The van der Waals surface area contributed by atoms with E-state index in [1.54, 1.807) is 6.33 Å². The second kappa shape index (κ2) is 6.88. The minimum Gasteiger partial charge on any atom is -0.367 e. The molecule has 2 unspecified atom stereocenters. The van der Waals surface area contributed by atoms with Crippen LogP contribution in [-0.2, 0) is 0 Å². The lowest BCUT2D eigenvalue weighted by Gasteiger charge is -2.32. The lowest BCUT2D eigenvalue weighted by Crippen LogP contribution is -2.32. The standard InChI is InChI=1S/C15H27N5/c1-4-11-7-5-6-8-12(11)19-14-13(10(2)3)15(20-16)18-9-17-14/h9-12H,4-8,16H2,1-3H3,(H2,17,18,19,20). The van der Waals surface area contributed by atoms with Crippen LogP contribution in [0.4, 0.5) is 11.6 Å². The van der Waals surface area contributed by atoms with Gasteiger partial charge in [0.15, 0.2) is 0 Å². The second-order valence-corrected chi connectivity index (χ2v) is 5.99. The fraction of sp³-hybridized carbons (Fsp3) is 0.733. The van der Waals surface area contributed by atoms with Crippen molar-refractivity contribution in [2.75, 3.05) is 10.7 Å². The summed E-state index contributed by atoms with van der Waals surface area (Å²) in [6.07, 6.45) is 8.00. The van der Waals surface area contributed by atoms with Crippen LogP contribution in [0.1, 0.15) is 64.4 Å². The molecule has 0 radical (unpaired) electrons. The van der Waals surface area contributed by atoms with Crippen LogP contribution < -0.4 is 16.6 Å². The molecule has 2 atom stereocenters. The van der Waals surface area contributed by atoms with E-state index in [9.17, 15) is 0 Å². The van der Waals surface area contributed by atoms with Gasteiger partial charge in [-0.2, -0.15) is 0 Å². The molecule has 0 aliphatic heterocycles. The van der Waals surface area contributed by atoms with Gasteiger partial charge < -0.3 is 10.7 Å². The molecule has 1 aliphatic rings. The van der Waals surface area contributed by atoms with E-state index in [2.05, 4.69) is 41.5 Å². The Morgan fingerprint density at radius 1 is 1.25 bits per heavy atom. The number of nitrogens with two attached hydrogens (primary N) is 1. The average Bonchev–Trinajstić information content (AvgIpc) is 2.47. The van der Waals surface area contributed by atoms with Gasteiger partial charge in [0, 0.05) is 11.6 Å². The highest BCUT2D eigenvalue weighted by Gasteiger charge is 2.25. The molecule has 1 aliphatic carbocycles. The predicted molar refractivity (Wildman–Crippen MR) is 83.6 cm³/mol. The number of anilines is 2. The van der Waals surface area contributed by atoms with Crippen LogP contribution in [0.5, 0.6) is 0 Å². The Kier molecular flexibility index (Phi) is 5.17. The third-order valence-electron chi connectivity index (χ3n) is 4.35. The molecular weight excluding hydrogens is 250 g/mol. The number of nitrogens with zero attached hydrogens (tertiary/aromatic N) is 2. The van der Waals surface area contributed by atoms with Gasteiger partial charge in [0.1, 0.15) is 18.0 Å². The zero-order chi connectivity index (χ0) is 14.5. The molecule has 0 amide bonds. The molecule has 2 rings (SSSR count). The van der Waals surface area contributed by atoms with Crippen LogP contribution >= 0.6 is 0 Å². The number of hydrazine groups is 1. The molecule has 0 spiro atoms. The first kappa shape index (κ1) is 15.0. The Morgan fingerprint density at radius 2 is 1.95 bits per heavy atom. The van der Waals surface area contributed by atoms with Crippen LogP contribution in [0.15, 0.2) is 6.33 Å². The highest BCUT2D eigenvalue weighted by molar-refractivity contribution is 5.58. The quantitative estimate of drug-likeness (QED) is 0.569. The van der Waals surface area contributed by atoms with Gasteiger partial charge in [-0.05, 0) is 24.7 Å². The summed E-state index contributed by atoms with van der Waals surface area (Å²) in [5, 5.41) is 3.66. The minimum atomic E-state index is 0.327. The Labute approximate surface area is 121 Å². The minimum absolute atomic E-state index is 0.327. The van der Waals surface area contributed by atoms with Crippen molar-refractivity contribution in [3.8, 4) is 0 Å². The van der Waals surface area contributed by atoms with Crippen molar-refractivity contribution >= 4 is 11.6 Å². The van der Waals surface area contributed by atoms with Crippen molar-refractivity contribution in [1.82, 2.24) is 9.97 Å². The third-order valence-corrected chi connectivity index (χ3v) is 4.35. The zero-order valence-electron chi connectivity index (χ0n) is 12.8. The molecule has 1 saturated carbocycles. The summed E-state index contributed by atoms with van der Waals surface area (Å²) in [4.78, 5) is 8.68. The van der Waals surface area contributed by atoms with Crippen molar-refractivity contribution in [1.29, 1.82) is 0 Å². The molecule has 0 bridgehead atoms. The molecule has 4 N–H and O–H groups in total. The second-order valence-electron chi connectivity index (χ2n) is 5.99. The van der Waals surface area contributed by atoms with Crippen LogP contribution in [0.3, 0.4) is 0 Å². The van der Waals surface area contributed by atoms with E-state index in [0.29, 0.717) is 12.0 Å². The molecule has 1 heterocycles. The maximum absolute atomic E-state index is 5.58. The lowest BCUT2D eigenvalue weighted by molar-refractivity contribution is 0.316. The fourth-order valence-corrected chi connectivity index (χ4v) is 3.23. The first-order chi connectivity index (χ1) is 9.67. The Balaban J connectivity index is 2.23. The number of hydrogen-bond acceptors (Lipinski definition) is 5. The first-order valence-corrected chi connectivity index (χ1v) is 7.75. The number of nitrogen functional groups attached to an aromatic ring is 1. The van der Waals surface area contributed by atoms with Crippen LogP contribution in [0, 0.1) is 5.92 Å². The van der Waals surface area contributed by atoms with E-state index in [1.165, 1.54) is 32.1 Å². The van der Waals surface area contributed by atoms with E-state index in [4.69, 9.17) is 5.84 Å². The molecule has 112 valence electrons. The smallest absolute Gasteiger partial charge is 0.148 e. The maximum Gasteiger partial charge on any atom is 0.148 e. The summed E-state index contributed by atoms with van der Waals surface area (Å²) in [5.41, 5.74) is 3.77. The molecule has 1 aromatic heterocycles. The molecule has 5 heteroatoms. The van der Waals surface area contributed by atoms with Crippen LogP contribution in [-0.4, -0.2) is 16.0 Å².